The van der Waals surface area contributed by atoms with Crippen LogP contribution in [0.4, 0.5) is 24.8 Å². The molecule has 1 heterocycles. The third-order valence-electron chi connectivity index (χ3n) is 3.36. The fraction of sp³-hybridized carbons (Fsp3) is 0.679. The minimum Gasteiger partial charge on any atom is -0.368 e. The second-order valence-electron chi connectivity index (χ2n) is 8.75. The lowest BCUT2D eigenvalue weighted by molar-refractivity contribution is -0.138. The van der Waals surface area contributed by atoms with Crippen molar-refractivity contribution in [3.63, 3.8) is 0 Å². The number of halogens is 3. The lowest BCUT2D eigenvalue weighted by Crippen LogP contribution is -2.33. The van der Waals surface area contributed by atoms with Crippen molar-refractivity contribution in [2.75, 3.05) is 36.2 Å². The molecule has 0 fully saturated rings. The number of alkyl halides is 3. The summed E-state index contributed by atoms with van der Waals surface area (Å²) in [4.78, 5) is 35.7. The largest absolute Gasteiger partial charge is 0.405 e. The Hall–Kier alpha value is -3.01. The van der Waals surface area contributed by atoms with Gasteiger partial charge in [0.15, 0.2) is 0 Å². The molecule has 0 spiro atoms. The number of rotatable bonds is 7. The maximum Gasteiger partial charge on any atom is 0.405 e. The van der Waals surface area contributed by atoms with Gasteiger partial charge in [-0.2, -0.15) is 30.2 Å². The van der Waals surface area contributed by atoms with Crippen LogP contribution in [-0.4, -0.2) is 61.0 Å². The molecule has 0 saturated heterocycles. The van der Waals surface area contributed by atoms with Gasteiger partial charge in [0.25, 0.3) is 0 Å². The van der Waals surface area contributed by atoms with E-state index in [0.29, 0.717) is 24.7 Å². The molecule has 0 saturated carbocycles. The fourth-order valence-corrected chi connectivity index (χ4v) is 1.59. The molecule has 41 heavy (non-hydrogen) atoms. The van der Waals surface area contributed by atoms with Gasteiger partial charge in [-0.1, -0.05) is 54.5 Å². The number of hydrogen-bond donors (Lipinski definition) is 4. The Balaban J connectivity index is -0.000000152. The Kier molecular flexibility index (Phi) is 36.7. The molecule has 0 bridgehead atoms. The van der Waals surface area contributed by atoms with Gasteiger partial charge in [-0.25, -0.2) is 4.98 Å². The number of nitrogens with zero attached hydrogens (tertiary/aromatic N) is 2. The van der Waals surface area contributed by atoms with E-state index in [2.05, 4.69) is 20.9 Å². The van der Waals surface area contributed by atoms with Crippen LogP contribution < -0.4 is 21.3 Å². The number of nitrogens with one attached hydrogen (secondary N) is 4. The Morgan fingerprint density at radius 3 is 1.83 bits per heavy atom. The van der Waals surface area contributed by atoms with E-state index in [1.807, 2.05) is 93.0 Å². The fourth-order valence-electron chi connectivity index (χ4n) is 1.59. The highest BCUT2D eigenvalue weighted by Gasteiger charge is 2.27. The molecule has 0 atom stereocenters. The standard InChI is InChI=1S/C13H21N3O.C5H8F3NO.C3H7NO.C3H5N.C2H6S.C2H6/c1-9(2)14-10-7-6-8-11(15-10)16-12(17)13(3,4)5;1-2-4(10)9-3-5(6,7)8;1-2-4-3-5;1-2-3-4;1-3-2;1-2/h6-9H,1-5H3,(H2,14,15,16,17);2-3H2,1H3,(H,9,10);3H,2H2,1H3,(H,4,5);2H2,1H3;1-2H3;1-2H3. The van der Waals surface area contributed by atoms with E-state index in [4.69, 9.17) is 5.26 Å². The molecule has 0 aromatic carbocycles. The number of nitriles is 1. The minimum absolute atomic E-state index is 0.0355. The van der Waals surface area contributed by atoms with Crippen molar-refractivity contribution >= 4 is 41.6 Å². The molecule has 0 aliphatic carbocycles. The third kappa shape index (κ3) is 44.3. The van der Waals surface area contributed by atoms with Gasteiger partial charge in [-0.15, -0.1) is 0 Å². The van der Waals surface area contributed by atoms with Crippen LogP contribution in [0, 0.1) is 16.7 Å². The summed E-state index contributed by atoms with van der Waals surface area (Å²) in [5, 5.41) is 17.8. The van der Waals surface area contributed by atoms with Crippen LogP contribution in [0.2, 0.25) is 0 Å². The summed E-state index contributed by atoms with van der Waals surface area (Å²) in [6.45, 7) is 18.4. The van der Waals surface area contributed by atoms with Crippen molar-refractivity contribution < 1.29 is 27.6 Å². The summed E-state index contributed by atoms with van der Waals surface area (Å²) in [6, 6.07) is 7.79. The van der Waals surface area contributed by atoms with Crippen LogP contribution in [-0.2, 0) is 14.4 Å². The molecule has 0 radical (unpaired) electrons. The molecule has 0 aliphatic heterocycles. The van der Waals surface area contributed by atoms with Crippen LogP contribution in [0.15, 0.2) is 18.2 Å². The van der Waals surface area contributed by atoms with E-state index in [1.54, 1.807) is 23.1 Å². The summed E-state index contributed by atoms with van der Waals surface area (Å²) in [7, 11) is 0. The zero-order valence-electron chi connectivity index (χ0n) is 26.9. The molecule has 13 heteroatoms. The van der Waals surface area contributed by atoms with E-state index in [9.17, 15) is 27.6 Å². The van der Waals surface area contributed by atoms with E-state index in [1.165, 1.54) is 6.92 Å². The summed E-state index contributed by atoms with van der Waals surface area (Å²) in [6.07, 6.45) is 1.17. The van der Waals surface area contributed by atoms with Crippen LogP contribution in [0.25, 0.3) is 0 Å². The molecule has 3 amide bonds. The van der Waals surface area contributed by atoms with Gasteiger partial charge < -0.3 is 21.3 Å². The first-order valence-electron chi connectivity index (χ1n) is 13.3. The molecule has 1 aromatic heterocycles. The van der Waals surface area contributed by atoms with Gasteiger partial charge in [-0.3, -0.25) is 14.4 Å². The zero-order valence-corrected chi connectivity index (χ0v) is 27.7. The molecule has 1 aromatic rings. The third-order valence-corrected chi connectivity index (χ3v) is 3.36. The highest BCUT2D eigenvalue weighted by atomic mass is 32.2. The van der Waals surface area contributed by atoms with Gasteiger partial charge in [0.1, 0.15) is 18.2 Å². The van der Waals surface area contributed by atoms with E-state index < -0.39 is 24.0 Å². The summed E-state index contributed by atoms with van der Waals surface area (Å²) >= 11 is 1.75. The molecule has 0 unspecified atom stereocenters. The lowest BCUT2D eigenvalue weighted by Gasteiger charge is -2.17. The predicted octanol–water partition coefficient (Wildman–Crippen LogP) is 6.64. The number of pyridine rings is 1. The molecule has 4 N–H and O–H groups in total. The number of hydrogen-bond acceptors (Lipinski definition) is 7. The molecular formula is C28H53F3N6O3S. The van der Waals surface area contributed by atoms with Crippen molar-refractivity contribution in [2.24, 2.45) is 5.41 Å². The second kappa shape index (κ2) is 31.5. The number of anilines is 2. The van der Waals surface area contributed by atoms with E-state index in [0.717, 1.165) is 12.4 Å². The van der Waals surface area contributed by atoms with E-state index >= 15 is 0 Å². The summed E-state index contributed by atoms with van der Waals surface area (Å²) in [5.41, 5.74) is -0.414. The first kappa shape index (κ1) is 47.8. The van der Waals surface area contributed by atoms with Crippen molar-refractivity contribution in [1.29, 1.82) is 5.26 Å². The van der Waals surface area contributed by atoms with E-state index in [-0.39, 0.29) is 12.3 Å². The van der Waals surface area contributed by atoms with Crippen LogP contribution in [0.5, 0.6) is 0 Å². The lowest BCUT2D eigenvalue weighted by atomic mass is 9.96. The van der Waals surface area contributed by atoms with Crippen molar-refractivity contribution in [3.8, 4) is 6.07 Å². The Labute approximate surface area is 250 Å². The molecule has 240 valence electrons. The van der Waals surface area contributed by atoms with Gasteiger partial charge >= 0.3 is 6.18 Å². The average Bonchev–Trinajstić information content (AvgIpc) is 2.89. The molecule has 1 rings (SSSR count). The Bertz CT molecular complexity index is 812. The number of carbonyl (C=O) groups is 3. The minimum atomic E-state index is -4.30. The van der Waals surface area contributed by atoms with Crippen molar-refractivity contribution in [2.45, 2.75) is 94.3 Å². The maximum absolute atomic E-state index is 11.8. The van der Waals surface area contributed by atoms with Crippen molar-refractivity contribution in [3.05, 3.63) is 18.2 Å². The molecule has 0 aliphatic rings. The topological polar surface area (TPSA) is 136 Å². The van der Waals surface area contributed by atoms with Gasteiger partial charge in [-0.05, 0) is 45.4 Å². The Morgan fingerprint density at radius 1 is 1.07 bits per heavy atom. The quantitative estimate of drug-likeness (QED) is 0.254. The number of carbonyl (C=O) groups excluding carboxylic acids is 3. The highest BCUT2D eigenvalue weighted by Crippen LogP contribution is 2.17. The first-order chi connectivity index (χ1) is 19.0. The van der Waals surface area contributed by atoms with Gasteiger partial charge in [0, 0.05) is 30.8 Å². The van der Waals surface area contributed by atoms with Crippen LogP contribution >= 0.6 is 11.8 Å². The SMILES string of the molecule is CC.CC(C)Nc1cccc(NC(=O)C(C)(C)C)n1.CCC#N.CCC(=O)NCC(F)(F)F.CCNC=O.CSC. The van der Waals surface area contributed by atoms with Gasteiger partial charge in [0.2, 0.25) is 18.2 Å². The number of aromatic nitrogens is 1. The predicted molar refractivity (Wildman–Crippen MR) is 167 cm³/mol. The van der Waals surface area contributed by atoms with Gasteiger partial charge in [0.05, 0.1) is 6.07 Å². The Morgan fingerprint density at radius 2 is 1.54 bits per heavy atom. The monoisotopic (exact) mass is 610 g/mol. The van der Waals surface area contributed by atoms with Crippen LogP contribution in [0.1, 0.15) is 82.1 Å². The summed E-state index contributed by atoms with van der Waals surface area (Å²) < 4.78 is 34.0. The van der Waals surface area contributed by atoms with Crippen LogP contribution in [0.3, 0.4) is 0 Å². The van der Waals surface area contributed by atoms with Crippen molar-refractivity contribution in [1.82, 2.24) is 15.6 Å². The molecular weight excluding hydrogens is 557 g/mol. The number of amides is 3. The summed E-state index contributed by atoms with van der Waals surface area (Å²) in [5.74, 6) is 0.728. The zero-order chi connectivity index (χ0) is 33.5. The smallest absolute Gasteiger partial charge is 0.368 e. The highest BCUT2D eigenvalue weighted by molar-refractivity contribution is 7.97. The normalized spacial score (nSPS) is 9.34. The first-order valence-corrected chi connectivity index (χ1v) is 14.9. The maximum atomic E-state index is 11.8. The number of thioether (sulfide) groups is 1. The average molecular weight is 611 g/mol. The molecule has 9 nitrogen and oxygen atoms in total. The second-order valence-corrected chi connectivity index (χ2v) is 9.57.